The van der Waals surface area contributed by atoms with Crippen molar-refractivity contribution in [2.45, 2.75) is 52.5 Å². The smallest absolute Gasteiger partial charge is 0.223 e. The summed E-state index contributed by atoms with van der Waals surface area (Å²) in [5, 5.41) is 9.69. The van der Waals surface area contributed by atoms with E-state index in [1.165, 1.54) is 0 Å². The Bertz CT molecular complexity index is 321. The van der Waals surface area contributed by atoms with Crippen LogP contribution < -0.4 is 5.32 Å². The van der Waals surface area contributed by atoms with Crippen molar-refractivity contribution in [3.63, 3.8) is 0 Å². The lowest BCUT2D eigenvalue weighted by atomic mass is 9.98. The van der Waals surface area contributed by atoms with Gasteiger partial charge < -0.3 is 5.32 Å². The van der Waals surface area contributed by atoms with Crippen LogP contribution in [0.25, 0.3) is 0 Å². The first-order chi connectivity index (χ1) is 8.19. The highest BCUT2D eigenvalue weighted by Crippen LogP contribution is 2.16. The van der Waals surface area contributed by atoms with E-state index in [1.54, 1.807) is 6.20 Å². The van der Waals surface area contributed by atoms with Gasteiger partial charge in [0.15, 0.2) is 0 Å². The second-order valence-corrected chi connectivity index (χ2v) is 4.51. The number of unbranched alkanes of at least 4 members (excludes halogenated alkanes) is 1. The number of hydrogen-bond donors (Lipinski definition) is 2. The summed E-state index contributed by atoms with van der Waals surface area (Å²) in [6.45, 7) is 6.20. The van der Waals surface area contributed by atoms with Crippen LogP contribution in [0.4, 0.5) is 0 Å². The monoisotopic (exact) mass is 237 g/mol. The number of hydrogen-bond acceptors (Lipinski definition) is 2. The van der Waals surface area contributed by atoms with E-state index in [2.05, 4.69) is 29.4 Å². The maximum absolute atomic E-state index is 12.0. The van der Waals surface area contributed by atoms with E-state index in [0.717, 1.165) is 31.2 Å². The first-order valence-corrected chi connectivity index (χ1v) is 6.48. The normalized spacial score (nSPS) is 14.3. The molecular formula is C13H23N3O. The zero-order valence-corrected chi connectivity index (χ0v) is 11.0. The largest absolute Gasteiger partial charge is 0.349 e. The summed E-state index contributed by atoms with van der Waals surface area (Å²) in [6, 6.07) is 0.0249. The van der Waals surface area contributed by atoms with Gasteiger partial charge in [0.1, 0.15) is 0 Å². The van der Waals surface area contributed by atoms with Gasteiger partial charge in [-0.25, -0.2) is 0 Å². The summed E-state index contributed by atoms with van der Waals surface area (Å²) in [7, 11) is 0. The summed E-state index contributed by atoms with van der Waals surface area (Å²) in [5.41, 5.74) is 1.02. The van der Waals surface area contributed by atoms with E-state index in [9.17, 15) is 4.79 Å². The van der Waals surface area contributed by atoms with E-state index in [0.29, 0.717) is 0 Å². The fraction of sp³-hybridized carbons (Fsp3) is 0.692. The lowest BCUT2D eigenvalue weighted by Crippen LogP contribution is -2.32. The van der Waals surface area contributed by atoms with Crippen LogP contribution in [-0.4, -0.2) is 16.1 Å². The first-order valence-electron chi connectivity index (χ1n) is 6.48. The topological polar surface area (TPSA) is 57.8 Å². The van der Waals surface area contributed by atoms with E-state index in [1.807, 2.05) is 13.1 Å². The predicted octanol–water partition coefficient (Wildman–Crippen LogP) is 2.80. The predicted molar refractivity (Wildman–Crippen MR) is 68.5 cm³/mol. The molecule has 0 fully saturated rings. The van der Waals surface area contributed by atoms with Crippen molar-refractivity contribution in [2.75, 3.05) is 0 Å². The summed E-state index contributed by atoms with van der Waals surface area (Å²) in [4.78, 5) is 12.0. The van der Waals surface area contributed by atoms with Crippen molar-refractivity contribution >= 4 is 5.91 Å². The fourth-order valence-electron chi connectivity index (χ4n) is 1.88. The minimum absolute atomic E-state index is 0.0249. The van der Waals surface area contributed by atoms with E-state index < -0.39 is 0 Å². The lowest BCUT2D eigenvalue weighted by molar-refractivity contribution is -0.126. The Kier molecular flexibility index (Phi) is 5.73. The van der Waals surface area contributed by atoms with Gasteiger partial charge in [0.25, 0.3) is 0 Å². The number of amides is 1. The molecule has 0 saturated carbocycles. The van der Waals surface area contributed by atoms with Crippen molar-refractivity contribution in [3.05, 3.63) is 18.0 Å². The quantitative estimate of drug-likeness (QED) is 0.766. The highest BCUT2D eigenvalue weighted by molar-refractivity contribution is 5.78. The van der Waals surface area contributed by atoms with E-state index in [-0.39, 0.29) is 17.9 Å². The molecule has 0 aliphatic heterocycles. The van der Waals surface area contributed by atoms with Crippen LogP contribution in [0.3, 0.4) is 0 Å². The molecule has 1 aromatic rings. The molecule has 96 valence electrons. The Morgan fingerprint density at radius 2 is 2.29 bits per heavy atom. The molecule has 1 rings (SSSR count). The van der Waals surface area contributed by atoms with E-state index in [4.69, 9.17) is 0 Å². The molecule has 0 radical (unpaired) electrons. The summed E-state index contributed by atoms with van der Waals surface area (Å²) >= 11 is 0. The maximum Gasteiger partial charge on any atom is 0.223 e. The molecule has 17 heavy (non-hydrogen) atoms. The third-order valence-corrected chi connectivity index (χ3v) is 3.15. The SMILES string of the molecule is CCCCC(CC)C(=O)NC(C)c1cn[nH]c1. The number of nitrogens with zero attached hydrogens (tertiary/aromatic N) is 1. The molecule has 0 spiro atoms. The van der Waals surface area contributed by atoms with Gasteiger partial charge in [0.2, 0.25) is 5.91 Å². The molecule has 0 aliphatic carbocycles. The number of H-pyrrole nitrogens is 1. The molecule has 0 saturated heterocycles. The molecule has 4 heteroatoms. The van der Waals surface area contributed by atoms with Crippen molar-refractivity contribution in [3.8, 4) is 0 Å². The van der Waals surface area contributed by atoms with Crippen LogP contribution in [0, 0.1) is 5.92 Å². The maximum atomic E-state index is 12.0. The molecule has 1 amide bonds. The highest BCUT2D eigenvalue weighted by atomic mass is 16.1. The minimum atomic E-state index is 0.0249. The van der Waals surface area contributed by atoms with Crippen LogP contribution in [0.1, 0.15) is 58.1 Å². The molecule has 1 aromatic heterocycles. The first kappa shape index (κ1) is 13.7. The third-order valence-electron chi connectivity index (χ3n) is 3.15. The van der Waals surface area contributed by atoms with Crippen molar-refractivity contribution in [2.24, 2.45) is 5.92 Å². The number of rotatable bonds is 7. The van der Waals surface area contributed by atoms with Gasteiger partial charge in [0.05, 0.1) is 12.2 Å². The van der Waals surface area contributed by atoms with Gasteiger partial charge in [-0.2, -0.15) is 5.10 Å². The van der Waals surface area contributed by atoms with Gasteiger partial charge >= 0.3 is 0 Å². The average molecular weight is 237 g/mol. The molecule has 1 heterocycles. The molecule has 2 atom stereocenters. The Morgan fingerprint density at radius 1 is 1.53 bits per heavy atom. The van der Waals surface area contributed by atoms with Crippen LogP contribution in [0.2, 0.25) is 0 Å². The van der Waals surface area contributed by atoms with Crippen molar-refractivity contribution in [1.29, 1.82) is 0 Å². The number of carbonyl (C=O) groups is 1. The van der Waals surface area contributed by atoms with Gasteiger partial charge in [-0.3, -0.25) is 9.89 Å². The van der Waals surface area contributed by atoms with Crippen molar-refractivity contribution < 1.29 is 4.79 Å². The fourth-order valence-corrected chi connectivity index (χ4v) is 1.88. The lowest BCUT2D eigenvalue weighted by Gasteiger charge is -2.18. The van der Waals surface area contributed by atoms with Crippen LogP contribution in [0.15, 0.2) is 12.4 Å². The average Bonchev–Trinajstić information content (AvgIpc) is 2.83. The van der Waals surface area contributed by atoms with Gasteiger partial charge in [0, 0.05) is 17.7 Å². The Balaban J connectivity index is 2.46. The zero-order chi connectivity index (χ0) is 12.7. The standard InChI is InChI=1S/C13H23N3O/c1-4-6-7-11(5-2)13(17)16-10(3)12-8-14-15-9-12/h8-11H,4-7H2,1-3H3,(H,14,15)(H,16,17). The summed E-state index contributed by atoms with van der Waals surface area (Å²) < 4.78 is 0. The highest BCUT2D eigenvalue weighted by Gasteiger charge is 2.18. The molecule has 2 unspecified atom stereocenters. The summed E-state index contributed by atoms with van der Waals surface area (Å²) in [5.74, 6) is 0.305. The molecule has 4 nitrogen and oxygen atoms in total. The number of carbonyl (C=O) groups excluding carboxylic acids is 1. The zero-order valence-electron chi connectivity index (χ0n) is 11.0. The van der Waals surface area contributed by atoms with E-state index >= 15 is 0 Å². The Morgan fingerprint density at radius 3 is 2.82 bits per heavy atom. The molecular weight excluding hydrogens is 214 g/mol. The van der Waals surface area contributed by atoms with Crippen LogP contribution >= 0.6 is 0 Å². The number of aromatic nitrogens is 2. The second kappa shape index (κ2) is 7.09. The molecule has 0 aliphatic rings. The Labute approximate surface area is 103 Å². The number of nitrogens with one attached hydrogen (secondary N) is 2. The molecule has 0 bridgehead atoms. The number of aromatic amines is 1. The van der Waals surface area contributed by atoms with Gasteiger partial charge in [-0.15, -0.1) is 0 Å². The second-order valence-electron chi connectivity index (χ2n) is 4.51. The Hall–Kier alpha value is -1.32. The van der Waals surface area contributed by atoms with Crippen LogP contribution in [-0.2, 0) is 4.79 Å². The van der Waals surface area contributed by atoms with Crippen molar-refractivity contribution in [1.82, 2.24) is 15.5 Å². The molecule has 0 aromatic carbocycles. The molecule has 2 N–H and O–H groups in total. The summed E-state index contributed by atoms with van der Waals surface area (Å²) in [6.07, 6.45) is 7.71. The van der Waals surface area contributed by atoms with Crippen LogP contribution in [0.5, 0.6) is 0 Å². The third kappa shape index (κ3) is 4.21. The van der Waals surface area contributed by atoms with Gasteiger partial charge in [-0.1, -0.05) is 26.7 Å². The minimum Gasteiger partial charge on any atom is -0.349 e. The van der Waals surface area contributed by atoms with Gasteiger partial charge in [-0.05, 0) is 19.8 Å².